The number of halogens is 2. The monoisotopic (exact) mass is 483 g/mol. The molecule has 1 aliphatic heterocycles. The highest BCUT2D eigenvalue weighted by Gasteiger charge is 2.31. The fraction of sp³-hybridized carbons (Fsp3) is 0.333. The van der Waals surface area contributed by atoms with E-state index >= 15 is 0 Å². The highest BCUT2D eigenvalue weighted by Crippen LogP contribution is 2.33. The van der Waals surface area contributed by atoms with E-state index in [1.165, 1.54) is 23.0 Å². The molecule has 0 fully saturated rings. The number of hydrogen-bond acceptors (Lipinski definition) is 7. The first-order valence-electron chi connectivity index (χ1n) is 9.75. The Kier molecular flexibility index (Phi) is 8.08. The maximum absolute atomic E-state index is 13.8. The van der Waals surface area contributed by atoms with Gasteiger partial charge in [0.1, 0.15) is 5.82 Å². The van der Waals surface area contributed by atoms with Crippen molar-refractivity contribution < 1.29 is 27.4 Å². The topological polar surface area (TPSA) is 116 Å². The first-order valence-corrected chi connectivity index (χ1v) is 11.3. The van der Waals surface area contributed by atoms with E-state index in [1.54, 1.807) is 25.3 Å². The molecule has 1 aromatic carbocycles. The summed E-state index contributed by atoms with van der Waals surface area (Å²) in [5.74, 6) is 5.98. The molecule has 1 aliphatic rings. The number of nitrogen functional groups attached to an aromatic ring is 1. The average molecular weight is 484 g/mol. The van der Waals surface area contributed by atoms with Gasteiger partial charge in [-0.15, -0.1) is 0 Å². The van der Waals surface area contributed by atoms with Crippen LogP contribution in [0.3, 0.4) is 0 Å². The molecule has 0 saturated heterocycles. The van der Waals surface area contributed by atoms with Gasteiger partial charge in [0.25, 0.3) is 0 Å². The van der Waals surface area contributed by atoms with Crippen molar-refractivity contribution in [2.45, 2.75) is 18.3 Å². The molecule has 0 aliphatic carbocycles. The second kappa shape index (κ2) is 10.8. The van der Waals surface area contributed by atoms with Crippen molar-refractivity contribution in [3.05, 3.63) is 53.2 Å². The number of dihydropyridines is 1. The Morgan fingerprint density at radius 3 is 2.75 bits per heavy atom. The maximum Gasteiger partial charge on any atom is 0.224 e. The molecule has 0 saturated carbocycles. The van der Waals surface area contributed by atoms with Crippen LogP contribution in [0.1, 0.15) is 17.7 Å². The molecule has 0 radical (unpaired) electrons. The molecule has 0 bridgehead atoms. The van der Waals surface area contributed by atoms with Gasteiger partial charge in [-0.3, -0.25) is 9.67 Å². The van der Waals surface area contributed by atoms with E-state index in [9.17, 15) is 17.9 Å². The number of nitrogens with two attached hydrogens (primary N) is 1. The lowest BCUT2D eigenvalue weighted by atomic mass is 10.0. The first kappa shape index (κ1) is 24.0. The molecule has 2 heterocycles. The Balaban J connectivity index is 2.22. The van der Waals surface area contributed by atoms with Crippen LogP contribution >= 0.6 is 11.6 Å². The van der Waals surface area contributed by atoms with Gasteiger partial charge < -0.3 is 20.4 Å². The fourth-order valence-corrected chi connectivity index (χ4v) is 4.33. The zero-order valence-electron chi connectivity index (χ0n) is 17.3. The number of rotatable bonds is 9. The minimum absolute atomic E-state index is 0.0271. The van der Waals surface area contributed by atoms with E-state index in [2.05, 4.69) is 4.99 Å². The molecular formula is C21H23ClFN3O5S. The predicted octanol–water partition coefficient (Wildman–Crippen LogP) is 2.01. The summed E-state index contributed by atoms with van der Waals surface area (Å²) >= 11 is 6.14. The van der Waals surface area contributed by atoms with E-state index in [0.29, 0.717) is 41.1 Å². The van der Waals surface area contributed by atoms with Crippen molar-refractivity contribution in [2.24, 2.45) is 4.99 Å². The van der Waals surface area contributed by atoms with Crippen molar-refractivity contribution in [2.75, 3.05) is 32.8 Å². The summed E-state index contributed by atoms with van der Waals surface area (Å²) in [6.45, 7) is 0.405. The van der Waals surface area contributed by atoms with Crippen molar-refractivity contribution in [1.29, 1.82) is 0 Å². The lowest BCUT2D eigenvalue weighted by molar-refractivity contribution is 0.152. The maximum atomic E-state index is 13.8. The molecule has 3 rings (SSSR count). The van der Waals surface area contributed by atoms with E-state index in [0.717, 1.165) is 0 Å². The van der Waals surface area contributed by atoms with Crippen molar-refractivity contribution in [1.82, 2.24) is 4.68 Å². The van der Waals surface area contributed by atoms with Gasteiger partial charge in [0, 0.05) is 38.5 Å². The van der Waals surface area contributed by atoms with E-state index in [-0.39, 0.29) is 30.3 Å². The number of aromatic nitrogens is 1. The van der Waals surface area contributed by atoms with Gasteiger partial charge in [-0.05, 0) is 30.2 Å². The third-order valence-electron chi connectivity index (χ3n) is 4.81. The van der Waals surface area contributed by atoms with Gasteiger partial charge in [0.15, 0.2) is 16.1 Å². The number of aliphatic imine (C=N–C) groups is 1. The molecule has 172 valence electrons. The second-order valence-electron chi connectivity index (χ2n) is 6.91. The minimum Gasteiger partial charge on any atom is -0.491 e. The van der Waals surface area contributed by atoms with Gasteiger partial charge in [-0.25, -0.2) is 4.39 Å². The lowest BCUT2D eigenvalue weighted by Crippen LogP contribution is -2.26. The van der Waals surface area contributed by atoms with Crippen molar-refractivity contribution in [3.8, 4) is 11.3 Å². The summed E-state index contributed by atoms with van der Waals surface area (Å²) in [6, 6.07) is 7.61. The highest BCUT2D eigenvalue weighted by molar-refractivity contribution is 7.73. The summed E-state index contributed by atoms with van der Waals surface area (Å²) in [7, 11) is -1.16. The summed E-state index contributed by atoms with van der Waals surface area (Å²) in [5.41, 5.74) is 1.13. The Bertz CT molecular complexity index is 1180. The van der Waals surface area contributed by atoms with Crippen LogP contribution in [0.2, 0.25) is 0 Å². The molecule has 32 heavy (non-hydrogen) atoms. The second-order valence-corrected chi connectivity index (χ2v) is 8.23. The molecule has 1 unspecified atom stereocenters. The van der Waals surface area contributed by atoms with Crippen LogP contribution in [0, 0.1) is 5.82 Å². The summed E-state index contributed by atoms with van der Waals surface area (Å²) in [4.78, 5) is 3.86. The Morgan fingerprint density at radius 2 is 2.09 bits per heavy atom. The number of allylic oxidation sites excluding steroid dienone is 1. The lowest BCUT2D eigenvalue weighted by Gasteiger charge is -2.21. The molecule has 1 atom stereocenters. The van der Waals surface area contributed by atoms with E-state index in [1.807, 2.05) is 0 Å². The molecular weight excluding hydrogens is 461 g/mol. The van der Waals surface area contributed by atoms with Crippen molar-refractivity contribution >= 4 is 38.5 Å². The van der Waals surface area contributed by atoms with E-state index < -0.39 is 21.6 Å². The fourth-order valence-electron chi connectivity index (χ4n) is 3.42. The number of ether oxygens (including phenoxy) is 2. The third-order valence-corrected chi connectivity index (χ3v) is 6.04. The number of benzene rings is 1. The number of alkyl halides is 1. The van der Waals surface area contributed by atoms with Crippen LogP contribution in [-0.2, 0) is 26.2 Å². The Hall–Kier alpha value is -2.66. The van der Waals surface area contributed by atoms with Crippen LogP contribution in [-0.4, -0.2) is 61.7 Å². The van der Waals surface area contributed by atoms with Gasteiger partial charge in [0.2, 0.25) is 10.3 Å². The zero-order valence-corrected chi connectivity index (χ0v) is 18.9. The minimum atomic E-state index is -2.71. The number of aliphatic hydroxyl groups excluding tert-OH is 1. The van der Waals surface area contributed by atoms with Crippen LogP contribution in [0.15, 0.2) is 41.1 Å². The predicted molar refractivity (Wildman–Crippen MR) is 122 cm³/mol. The van der Waals surface area contributed by atoms with Crippen molar-refractivity contribution in [3.63, 3.8) is 0 Å². The first-order chi connectivity index (χ1) is 15.4. The Morgan fingerprint density at radius 1 is 1.31 bits per heavy atom. The standard InChI is InChI=1S/C21H23ClFN3O5S/c1-30-8-3-9-31-19-16(12-25-21(22)20(19)32(28)29)18-14(6-7-27)11-17(26(18)24)13-4-2-5-15(23)10-13/h2,4-5,10-12,21,27H,3,6-9,24H2,1H3. The number of methoxy groups -OCH3 is 1. The summed E-state index contributed by atoms with van der Waals surface area (Å²) in [5, 5.41) is 9.58. The number of nitrogens with zero attached hydrogens (tertiary/aromatic N) is 2. The molecule has 11 heteroatoms. The van der Waals surface area contributed by atoms with E-state index in [4.69, 9.17) is 26.9 Å². The molecule has 0 amide bonds. The molecule has 1 aromatic heterocycles. The average Bonchev–Trinajstić information content (AvgIpc) is 3.07. The largest absolute Gasteiger partial charge is 0.491 e. The smallest absolute Gasteiger partial charge is 0.224 e. The third kappa shape index (κ3) is 5.04. The van der Waals surface area contributed by atoms with Gasteiger partial charge in [0.05, 0.1) is 23.6 Å². The van der Waals surface area contributed by atoms with Gasteiger partial charge in [-0.2, -0.15) is 8.42 Å². The normalized spacial score (nSPS) is 16.0. The Labute approximate surface area is 191 Å². The zero-order chi connectivity index (χ0) is 23.3. The van der Waals surface area contributed by atoms with Gasteiger partial charge >= 0.3 is 0 Å². The molecule has 8 nitrogen and oxygen atoms in total. The van der Waals surface area contributed by atoms with Gasteiger partial charge in [-0.1, -0.05) is 23.7 Å². The SMILES string of the molecule is COCCCOC1=C(c2c(CCO)cc(-c3cccc(F)c3)n2N)C=NC(Cl)C1=S(=O)=O. The number of aliphatic hydroxyl groups is 1. The van der Waals surface area contributed by atoms with Crippen LogP contribution in [0.5, 0.6) is 0 Å². The summed E-state index contributed by atoms with van der Waals surface area (Å²) < 4.78 is 49.8. The molecule has 3 N–H and O–H groups in total. The molecule has 2 aromatic rings. The quantitative estimate of drug-likeness (QED) is 0.185. The summed E-state index contributed by atoms with van der Waals surface area (Å²) in [6.07, 6.45) is 2.13. The van der Waals surface area contributed by atoms with Crippen LogP contribution < -0.4 is 5.84 Å². The highest BCUT2D eigenvalue weighted by atomic mass is 35.5. The number of hydrogen-bond donors (Lipinski definition) is 2. The van der Waals surface area contributed by atoms with Crippen LogP contribution in [0.25, 0.3) is 16.8 Å². The molecule has 0 spiro atoms. The van der Waals surface area contributed by atoms with Crippen LogP contribution in [0.4, 0.5) is 4.39 Å².